The summed E-state index contributed by atoms with van der Waals surface area (Å²) in [5, 5.41) is 10.9. The molecule has 1 unspecified atom stereocenters. The van der Waals surface area contributed by atoms with Crippen molar-refractivity contribution in [2.75, 3.05) is 0 Å². The standard InChI is InChI=1S/C22H17N7O3S/c1-12-3-2-4-15-16(12)22(30)28(9-13-5-7-14(8-6-13)29(31)32)21(27-15)19(33)17-18-20(25-10-23-17)26-11-24-18/h2-8,10-11,19,33H,9H2,1H3,(H,23,24,25,26). The molecule has 33 heavy (non-hydrogen) atoms. The van der Waals surface area contributed by atoms with Gasteiger partial charge in [-0.2, -0.15) is 12.6 Å². The molecule has 0 spiro atoms. The lowest BCUT2D eigenvalue weighted by Gasteiger charge is -2.18. The second kappa shape index (κ2) is 8.10. The highest BCUT2D eigenvalue weighted by Gasteiger charge is 2.23. The summed E-state index contributed by atoms with van der Waals surface area (Å²) in [6, 6.07) is 11.6. The third kappa shape index (κ3) is 3.61. The number of nitro benzene ring substituents is 1. The van der Waals surface area contributed by atoms with Gasteiger partial charge in [0.15, 0.2) is 5.65 Å². The van der Waals surface area contributed by atoms with Crippen molar-refractivity contribution in [1.29, 1.82) is 0 Å². The number of aromatic amines is 1. The van der Waals surface area contributed by atoms with E-state index in [0.29, 0.717) is 39.1 Å². The van der Waals surface area contributed by atoms with Crippen LogP contribution in [-0.2, 0) is 6.54 Å². The van der Waals surface area contributed by atoms with Gasteiger partial charge in [0.1, 0.15) is 22.9 Å². The molecule has 0 amide bonds. The number of fused-ring (bicyclic) bond motifs is 2. The molecule has 5 aromatic rings. The second-order valence-corrected chi connectivity index (χ2v) is 8.03. The normalized spacial score (nSPS) is 12.3. The van der Waals surface area contributed by atoms with Gasteiger partial charge in [-0.15, -0.1) is 0 Å². The van der Waals surface area contributed by atoms with Crippen LogP contribution in [0.4, 0.5) is 5.69 Å². The molecule has 2 aromatic carbocycles. The minimum atomic E-state index is -0.661. The van der Waals surface area contributed by atoms with Crippen molar-refractivity contribution in [2.24, 2.45) is 0 Å². The maximum absolute atomic E-state index is 13.6. The van der Waals surface area contributed by atoms with E-state index in [1.807, 2.05) is 19.1 Å². The van der Waals surface area contributed by atoms with E-state index in [0.717, 1.165) is 5.56 Å². The van der Waals surface area contributed by atoms with Gasteiger partial charge in [-0.05, 0) is 24.1 Å². The summed E-state index contributed by atoms with van der Waals surface area (Å²) in [5.41, 5.74) is 3.48. The van der Waals surface area contributed by atoms with E-state index < -0.39 is 10.2 Å². The quantitative estimate of drug-likeness (QED) is 0.234. The highest BCUT2D eigenvalue weighted by molar-refractivity contribution is 7.80. The first-order valence-electron chi connectivity index (χ1n) is 9.99. The van der Waals surface area contributed by atoms with Crippen molar-refractivity contribution in [1.82, 2.24) is 29.5 Å². The molecule has 0 aliphatic carbocycles. The Balaban J connectivity index is 1.71. The van der Waals surface area contributed by atoms with E-state index in [1.165, 1.54) is 24.8 Å². The van der Waals surface area contributed by atoms with Crippen molar-refractivity contribution >= 4 is 40.4 Å². The number of benzene rings is 2. The average molecular weight is 459 g/mol. The number of non-ortho nitro benzene ring substituents is 1. The number of thiol groups is 1. The van der Waals surface area contributed by atoms with Crippen LogP contribution in [0.15, 0.2) is 59.9 Å². The molecule has 0 aliphatic heterocycles. The minimum absolute atomic E-state index is 0.0199. The summed E-state index contributed by atoms with van der Waals surface area (Å²) in [6.07, 6.45) is 2.91. The van der Waals surface area contributed by atoms with Crippen molar-refractivity contribution in [3.63, 3.8) is 0 Å². The smallest absolute Gasteiger partial charge is 0.269 e. The Morgan fingerprint density at radius 3 is 2.70 bits per heavy atom. The van der Waals surface area contributed by atoms with Gasteiger partial charge in [0.25, 0.3) is 11.2 Å². The number of hydrogen-bond acceptors (Lipinski definition) is 8. The largest absolute Gasteiger partial charge is 0.342 e. The summed E-state index contributed by atoms with van der Waals surface area (Å²) in [6.45, 7) is 2.02. The fourth-order valence-corrected chi connectivity index (χ4v) is 4.22. The number of nitrogens with zero attached hydrogens (tertiary/aromatic N) is 6. The Morgan fingerprint density at radius 2 is 1.94 bits per heavy atom. The van der Waals surface area contributed by atoms with Gasteiger partial charge in [0.05, 0.1) is 34.4 Å². The lowest BCUT2D eigenvalue weighted by atomic mass is 10.1. The van der Waals surface area contributed by atoms with E-state index in [-0.39, 0.29) is 17.8 Å². The van der Waals surface area contributed by atoms with Crippen LogP contribution in [0.1, 0.15) is 27.9 Å². The minimum Gasteiger partial charge on any atom is -0.342 e. The molecule has 1 atom stereocenters. The highest BCUT2D eigenvalue weighted by atomic mass is 32.1. The van der Waals surface area contributed by atoms with Gasteiger partial charge >= 0.3 is 0 Å². The van der Waals surface area contributed by atoms with Crippen LogP contribution in [0.3, 0.4) is 0 Å². The SMILES string of the molecule is Cc1cccc2nc(C(S)c3ncnc4nc[nH]c34)n(Cc3ccc([N+](=O)[O-])cc3)c(=O)c12. The van der Waals surface area contributed by atoms with Crippen LogP contribution in [0.5, 0.6) is 0 Å². The molecule has 3 aromatic heterocycles. The van der Waals surface area contributed by atoms with E-state index in [2.05, 4.69) is 19.9 Å². The molecule has 0 bridgehead atoms. The molecule has 0 fully saturated rings. The zero-order valence-corrected chi connectivity index (χ0v) is 18.2. The summed E-state index contributed by atoms with van der Waals surface area (Å²) >= 11 is 4.79. The lowest BCUT2D eigenvalue weighted by molar-refractivity contribution is -0.384. The Kier molecular flexibility index (Phi) is 5.09. The number of aryl methyl sites for hydroxylation is 1. The number of H-pyrrole nitrogens is 1. The first kappa shape index (κ1) is 20.8. The Labute approximate surface area is 191 Å². The van der Waals surface area contributed by atoms with Crippen molar-refractivity contribution in [2.45, 2.75) is 18.7 Å². The zero-order chi connectivity index (χ0) is 23.1. The van der Waals surface area contributed by atoms with Crippen LogP contribution in [0, 0.1) is 17.0 Å². The molecule has 3 heterocycles. The predicted molar refractivity (Wildman–Crippen MR) is 125 cm³/mol. The maximum Gasteiger partial charge on any atom is 0.269 e. The summed E-state index contributed by atoms with van der Waals surface area (Å²) in [7, 11) is 0. The predicted octanol–water partition coefficient (Wildman–Crippen LogP) is 3.35. The molecule has 0 saturated heterocycles. The van der Waals surface area contributed by atoms with Crippen molar-refractivity contribution in [3.8, 4) is 0 Å². The Bertz CT molecular complexity index is 1580. The topological polar surface area (TPSA) is 132 Å². The average Bonchev–Trinajstić information content (AvgIpc) is 3.29. The Morgan fingerprint density at radius 1 is 1.15 bits per heavy atom. The Hall–Kier alpha value is -4.12. The molecular formula is C22H17N7O3S. The first-order chi connectivity index (χ1) is 15.9. The van der Waals surface area contributed by atoms with Crippen LogP contribution in [0.2, 0.25) is 0 Å². The molecule has 10 nitrogen and oxygen atoms in total. The van der Waals surface area contributed by atoms with Crippen LogP contribution >= 0.6 is 12.6 Å². The lowest BCUT2D eigenvalue weighted by Crippen LogP contribution is -2.27. The number of rotatable bonds is 5. The number of imidazole rings is 1. The molecule has 0 saturated carbocycles. The van der Waals surface area contributed by atoms with Gasteiger partial charge in [-0.25, -0.2) is 19.9 Å². The van der Waals surface area contributed by atoms with Gasteiger partial charge in [-0.1, -0.05) is 24.3 Å². The number of nitrogens with one attached hydrogen (secondary N) is 1. The monoisotopic (exact) mass is 459 g/mol. The van der Waals surface area contributed by atoms with Crippen LogP contribution < -0.4 is 5.56 Å². The highest BCUT2D eigenvalue weighted by Crippen LogP contribution is 2.30. The summed E-state index contributed by atoms with van der Waals surface area (Å²) < 4.78 is 1.54. The van der Waals surface area contributed by atoms with Gasteiger partial charge in [0, 0.05) is 12.1 Å². The fourth-order valence-electron chi connectivity index (χ4n) is 3.83. The molecule has 11 heteroatoms. The third-order valence-corrected chi connectivity index (χ3v) is 5.94. The fraction of sp³-hybridized carbons (Fsp3) is 0.136. The molecule has 1 N–H and O–H groups in total. The molecule has 5 rings (SSSR count). The third-order valence-electron chi connectivity index (χ3n) is 5.47. The van der Waals surface area contributed by atoms with E-state index in [1.54, 1.807) is 22.8 Å². The summed E-state index contributed by atoms with van der Waals surface area (Å²) in [5.74, 6) is 0.398. The number of aromatic nitrogens is 6. The number of nitro groups is 1. The van der Waals surface area contributed by atoms with E-state index in [4.69, 9.17) is 17.6 Å². The molecule has 0 radical (unpaired) electrons. The van der Waals surface area contributed by atoms with Crippen molar-refractivity contribution in [3.05, 3.63) is 98.2 Å². The first-order valence-corrected chi connectivity index (χ1v) is 10.5. The van der Waals surface area contributed by atoms with Crippen LogP contribution in [0.25, 0.3) is 22.1 Å². The number of hydrogen-bond donors (Lipinski definition) is 2. The van der Waals surface area contributed by atoms with Gasteiger partial charge in [-0.3, -0.25) is 19.5 Å². The van der Waals surface area contributed by atoms with E-state index in [9.17, 15) is 14.9 Å². The molecular weight excluding hydrogens is 442 g/mol. The van der Waals surface area contributed by atoms with Gasteiger partial charge < -0.3 is 4.98 Å². The summed E-state index contributed by atoms with van der Waals surface area (Å²) in [4.78, 5) is 44.7. The van der Waals surface area contributed by atoms with E-state index >= 15 is 0 Å². The molecule has 164 valence electrons. The second-order valence-electron chi connectivity index (χ2n) is 7.52. The zero-order valence-electron chi connectivity index (χ0n) is 17.3. The van der Waals surface area contributed by atoms with Crippen LogP contribution in [-0.4, -0.2) is 34.4 Å². The van der Waals surface area contributed by atoms with Crippen molar-refractivity contribution < 1.29 is 4.92 Å². The van der Waals surface area contributed by atoms with Gasteiger partial charge in [0.2, 0.25) is 0 Å². The maximum atomic E-state index is 13.6. The molecule has 0 aliphatic rings.